The van der Waals surface area contributed by atoms with E-state index in [0.29, 0.717) is 19.3 Å². The van der Waals surface area contributed by atoms with Gasteiger partial charge < -0.3 is 14.2 Å². The first-order valence-electron chi connectivity index (χ1n) is 30.7. The molecule has 0 aromatic rings. The summed E-state index contributed by atoms with van der Waals surface area (Å²) in [4.78, 5) is 38.2. The van der Waals surface area contributed by atoms with Crippen LogP contribution in [0.15, 0.2) is 12.2 Å². The van der Waals surface area contributed by atoms with E-state index in [2.05, 4.69) is 32.9 Å². The highest BCUT2D eigenvalue weighted by Gasteiger charge is 2.19. The molecule has 402 valence electrons. The molecule has 1 unspecified atom stereocenters. The summed E-state index contributed by atoms with van der Waals surface area (Å²) in [5, 5.41) is 0. The first kappa shape index (κ1) is 66.2. The van der Waals surface area contributed by atoms with E-state index in [9.17, 15) is 14.4 Å². The van der Waals surface area contributed by atoms with Gasteiger partial charge in [0.05, 0.1) is 0 Å². The molecule has 0 saturated carbocycles. The first-order valence-corrected chi connectivity index (χ1v) is 30.7. The highest BCUT2D eigenvalue weighted by molar-refractivity contribution is 5.71. The summed E-state index contributed by atoms with van der Waals surface area (Å²) in [5.41, 5.74) is 0. The van der Waals surface area contributed by atoms with Crippen molar-refractivity contribution in [2.24, 2.45) is 0 Å². The minimum Gasteiger partial charge on any atom is -0.462 e. The van der Waals surface area contributed by atoms with E-state index in [1.54, 1.807) is 0 Å². The van der Waals surface area contributed by atoms with Crippen LogP contribution in [0.25, 0.3) is 0 Å². The zero-order valence-electron chi connectivity index (χ0n) is 46.2. The number of allylic oxidation sites excluding steroid dienone is 2. The van der Waals surface area contributed by atoms with Crippen LogP contribution in [0.2, 0.25) is 0 Å². The number of ether oxygens (including phenoxy) is 3. The van der Waals surface area contributed by atoms with Crippen LogP contribution in [0.4, 0.5) is 0 Å². The van der Waals surface area contributed by atoms with Crippen molar-refractivity contribution in [1.82, 2.24) is 0 Å². The molecular formula is C62H118O6. The molecule has 0 aliphatic rings. The number of carbonyl (C=O) groups is 3. The molecular weight excluding hydrogens is 841 g/mol. The fourth-order valence-electron chi connectivity index (χ4n) is 9.38. The van der Waals surface area contributed by atoms with Gasteiger partial charge in [-0.3, -0.25) is 14.4 Å². The van der Waals surface area contributed by atoms with Crippen molar-refractivity contribution < 1.29 is 28.6 Å². The van der Waals surface area contributed by atoms with Crippen molar-refractivity contribution >= 4 is 17.9 Å². The standard InChI is InChI=1S/C62H118O6/c1-4-7-10-13-16-19-22-25-27-28-29-30-31-32-33-34-35-38-40-43-46-49-52-55-61(64)67-58-59(57-66-60(63)54-51-48-45-42-39-36-24-21-18-15-12-9-6-3)68-62(65)56-53-50-47-44-41-37-26-23-20-17-14-11-8-5-2/h28-29,59H,4-27,30-58H2,1-3H3/b29-28-. The van der Waals surface area contributed by atoms with Gasteiger partial charge in [0.1, 0.15) is 13.2 Å². The topological polar surface area (TPSA) is 78.9 Å². The number of esters is 3. The average Bonchev–Trinajstić information content (AvgIpc) is 3.34. The molecule has 0 saturated heterocycles. The van der Waals surface area contributed by atoms with E-state index >= 15 is 0 Å². The summed E-state index contributed by atoms with van der Waals surface area (Å²) in [7, 11) is 0. The quantitative estimate of drug-likeness (QED) is 0.0262. The molecule has 6 heteroatoms. The Balaban J connectivity index is 4.22. The minimum absolute atomic E-state index is 0.0637. The molecule has 0 radical (unpaired) electrons. The van der Waals surface area contributed by atoms with Gasteiger partial charge >= 0.3 is 17.9 Å². The second kappa shape index (κ2) is 57.7. The Hall–Kier alpha value is -1.85. The number of hydrogen-bond donors (Lipinski definition) is 0. The molecule has 0 aromatic carbocycles. The van der Waals surface area contributed by atoms with Crippen molar-refractivity contribution in [2.75, 3.05) is 13.2 Å². The van der Waals surface area contributed by atoms with E-state index < -0.39 is 6.10 Å². The maximum absolute atomic E-state index is 12.8. The van der Waals surface area contributed by atoms with Crippen LogP contribution in [-0.4, -0.2) is 37.2 Å². The molecule has 0 N–H and O–H groups in total. The van der Waals surface area contributed by atoms with Gasteiger partial charge in [-0.2, -0.15) is 0 Å². The van der Waals surface area contributed by atoms with E-state index in [4.69, 9.17) is 14.2 Å². The third-order valence-corrected chi connectivity index (χ3v) is 14.0. The third kappa shape index (κ3) is 55.1. The Morgan fingerprint density at radius 2 is 0.485 bits per heavy atom. The van der Waals surface area contributed by atoms with E-state index in [1.807, 2.05) is 0 Å². The smallest absolute Gasteiger partial charge is 0.306 e. The number of hydrogen-bond acceptors (Lipinski definition) is 6. The zero-order valence-corrected chi connectivity index (χ0v) is 46.2. The van der Waals surface area contributed by atoms with Gasteiger partial charge in [-0.05, 0) is 44.9 Å². The molecule has 0 fully saturated rings. The molecule has 0 aliphatic heterocycles. The molecule has 0 heterocycles. The highest BCUT2D eigenvalue weighted by atomic mass is 16.6. The maximum atomic E-state index is 12.8. The van der Waals surface area contributed by atoms with Gasteiger partial charge in [0.2, 0.25) is 0 Å². The lowest BCUT2D eigenvalue weighted by Gasteiger charge is -2.18. The van der Waals surface area contributed by atoms with Gasteiger partial charge in [-0.25, -0.2) is 0 Å². The molecule has 0 aliphatic carbocycles. The van der Waals surface area contributed by atoms with Crippen molar-refractivity contribution in [3.63, 3.8) is 0 Å². The van der Waals surface area contributed by atoms with Crippen LogP contribution >= 0.6 is 0 Å². The summed E-state index contributed by atoms with van der Waals surface area (Å²) in [6.45, 7) is 6.70. The Kier molecular flexibility index (Phi) is 56.2. The largest absolute Gasteiger partial charge is 0.462 e. The van der Waals surface area contributed by atoms with Crippen molar-refractivity contribution in [2.45, 2.75) is 354 Å². The lowest BCUT2D eigenvalue weighted by atomic mass is 10.0. The van der Waals surface area contributed by atoms with Crippen molar-refractivity contribution in [3.8, 4) is 0 Å². The average molecular weight is 960 g/mol. The molecule has 0 amide bonds. The predicted molar refractivity (Wildman–Crippen MR) is 293 cm³/mol. The number of carbonyl (C=O) groups excluding carboxylic acids is 3. The van der Waals surface area contributed by atoms with E-state index in [1.165, 1.54) is 250 Å². The van der Waals surface area contributed by atoms with Crippen LogP contribution in [0.5, 0.6) is 0 Å². The van der Waals surface area contributed by atoms with E-state index in [0.717, 1.165) is 57.8 Å². The van der Waals surface area contributed by atoms with Crippen molar-refractivity contribution in [3.05, 3.63) is 12.2 Å². The number of unbranched alkanes of at least 4 members (excludes halogenated alkanes) is 44. The molecule has 0 aromatic heterocycles. The molecule has 6 nitrogen and oxygen atoms in total. The lowest BCUT2D eigenvalue weighted by molar-refractivity contribution is -0.167. The second-order valence-electron chi connectivity index (χ2n) is 21.0. The van der Waals surface area contributed by atoms with Gasteiger partial charge in [-0.15, -0.1) is 0 Å². The molecule has 1 atom stereocenters. The van der Waals surface area contributed by atoms with Crippen LogP contribution in [0.3, 0.4) is 0 Å². The Morgan fingerprint density at radius 1 is 0.279 bits per heavy atom. The lowest BCUT2D eigenvalue weighted by Crippen LogP contribution is -2.30. The van der Waals surface area contributed by atoms with Crippen LogP contribution in [-0.2, 0) is 28.6 Å². The number of rotatable bonds is 57. The summed E-state index contributed by atoms with van der Waals surface area (Å²) in [6, 6.07) is 0. The molecule has 68 heavy (non-hydrogen) atoms. The fraction of sp³-hybridized carbons (Fsp3) is 0.919. The Morgan fingerprint density at radius 3 is 0.735 bits per heavy atom. The summed E-state index contributed by atoms with van der Waals surface area (Å²) < 4.78 is 16.9. The highest BCUT2D eigenvalue weighted by Crippen LogP contribution is 2.17. The summed E-state index contributed by atoms with van der Waals surface area (Å²) in [5.74, 6) is -0.838. The summed E-state index contributed by atoms with van der Waals surface area (Å²) >= 11 is 0. The first-order chi connectivity index (χ1) is 33.5. The normalized spacial score (nSPS) is 12.0. The Bertz CT molecular complexity index is 1060. The molecule has 0 rings (SSSR count). The third-order valence-electron chi connectivity index (χ3n) is 14.0. The fourth-order valence-corrected chi connectivity index (χ4v) is 9.38. The van der Waals surface area contributed by atoms with Gasteiger partial charge in [0.25, 0.3) is 0 Å². The van der Waals surface area contributed by atoms with Gasteiger partial charge in [-0.1, -0.05) is 296 Å². The minimum atomic E-state index is -0.764. The van der Waals surface area contributed by atoms with Crippen LogP contribution in [0, 0.1) is 0 Å². The predicted octanol–water partition coefficient (Wildman–Crippen LogP) is 20.5. The zero-order chi connectivity index (χ0) is 49.3. The van der Waals surface area contributed by atoms with E-state index in [-0.39, 0.29) is 31.1 Å². The maximum Gasteiger partial charge on any atom is 0.306 e. The van der Waals surface area contributed by atoms with Crippen LogP contribution in [0.1, 0.15) is 348 Å². The Labute approximate surface area is 424 Å². The second-order valence-corrected chi connectivity index (χ2v) is 21.0. The monoisotopic (exact) mass is 959 g/mol. The summed E-state index contributed by atoms with van der Waals surface area (Å²) in [6.07, 6.45) is 66.4. The van der Waals surface area contributed by atoms with Crippen molar-refractivity contribution in [1.29, 1.82) is 0 Å². The molecule has 0 bridgehead atoms. The molecule has 0 spiro atoms. The van der Waals surface area contributed by atoms with Crippen LogP contribution < -0.4 is 0 Å². The SMILES string of the molecule is CCCCCCCCCC/C=C\CCCCCCCCCCCCCC(=O)OCC(COC(=O)CCCCCCCCCCCCCCC)OC(=O)CCCCCCCCCCCCCCCC. The van der Waals surface area contributed by atoms with Gasteiger partial charge in [0, 0.05) is 19.3 Å². The van der Waals surface area contributed by atoms with Gasteiger partial charge in [0.15, 0.2) is 6.10 Å².